The predicted octanol–water partition coefficient (Wildman–Crippen LogP) is 6.21. The van der Waals surface area contributed by atoms with Crippen molar-refractivity contribution >= 4 is 45.6 Å². The van der Waals surface area contributed by atoms with Crippen LogP contribution < -0.4 is 14.5 Å². The van der Waals surface area contributed by atoms with Gasteiger partial charge in [-0.15, -0.1) is 0 Å². The zero-order valence-electron chi connectivity index (χ0n) is 28.8. The topological polar surface area (TPSA) is 93.7 Å². The number of carbonyl (C=O) groups excluding carboxylic acids is 1. The number of likely N-dealkylation sites (tertiary alicyclic amines) is 1. The molecule has 5 heterocycles. The second kappa shape index (κ2) is 12.9. The third-order valence-corrected chi connectivity index (χ3v) is 10.8. The van der Waals surface area contributed by atoms with Gasteiger partial charge in [-0.1, -0.05) is 32.2 Å². The Bertz CT molecular complexity index is 1960. The van der Waals surface area contributed by atoms with E-state index in [0.717, 1.165) is 42.3 Å². The summed E-state index contributed by atoms with van der Waals surface area (Å²) in [7, 11) is 2.11. The molecule has 2 aromatic heterocycles. The molecule has 3 aliphatic heterocycles. The van der Waals surface area contributed by atoms with Gasteiger partial charge in [0, 0.05) is 73.6 Å². The molecule has 1 unspecified atom stereocenters. The van der Waals surface area contributed by atoms with Gasteiger partial charge in [0.15, 0.2) is 12.4 Å². The van der Waals surface area contributed by atoms with Crippen LogP contribution in [-0.2, 0) is 4.79 Å². The van der Waals surface area contributed by atoms with Crippen LogP contribution in [0.25, 0.3) is 39.0 Å². The Morgan fingerprint density at radius 3 is 2.52 bits per heavy atom. The van der Waals surface area contributed by atoms with Crippen molar-refractivity contribution < 1.29 is 22.7 Å². The van der Waals surface area contributed by atoms with Crippen molar-refractivity contribution in [2.45, 2.75) is 45.3 Å². The lowest BCUT2D eigenvalue weighted by Gasteiger charge is -2.54. The van der Waals surface area contributed by atoms with Crippen molar-refractivity contribution in [3.8, 4) is 16.9 Å². The summed E-state index contributed by atoms with van der Waals surface area (Å²) in [6, 6.07) is 6.04. The minimum Gasteiger partial charge on any atom is -0.481 e. The first-order valence-electron chi connectivity index (χ1n) is 17.2. The molecular formula is C37H43F3N8O2. The molecule has 4 aromatic rings. The number of carbonyl (C=O) groups is 1. The van der Waals surface area contributed by atoms with Gasteiger partial charge in [0.2, 0.25) is 11.9 Å². The predicted molar refractivity (Wildman–Crippen MR) is 191 cm³/mol. The summed E-state index contributed by atoms with van der Waals surface area (Å²) in [6.07, 6.45) is 2.76. The van der Waals surface area contributed by atoms with Crippen LogP contribution in [-0.4, -0.2) is 108 Å². The fourth-order valence-corrected chi connectivity index (χ4v) is 7.91. The number of aromatic nitrogens is 4. The first-order valence-corrected chi connectivity index (χ1v) is 17.2. The van der Waals surface area contributed by atoms with E-state index in [4.69, 9.17) is 14.7 Å². The summed E-state index contributed by atoms with van der Waals surface area (Å²) in [5.41, 5.74) is 3.77. The number of hydrogen-bond acceptors (Lipinski definition) is 8. The van der Waals surface area contributed by atoms with E-state index >= 15 is 0 Å². The number of piperidine rings is 1. The highest BCUT2D eigenvalue weighted by molar-refractivity contribution is 6.07. The lowest BCUT2D eigenvalue weighted by Crippen LogP contribution is -2.61. The van der Waals surface area contributed by atoms with Gasteiger partial charge in [-0.3, -0.25) is 14.8 Å². The third kappa shape index (κ3) is 6.05. The Labute approximate surface area is 289 Å². The highest BCUT2D eigenvalue weighted by Crippen LogP contribution is 2.48. The normalized spacial score (nSPS) is 19.6. The first-order chi connectivity index (χ1) is 23.9. The summed E-state index contributed by atoms with van der Waals surface area (Å²) in [5, 5.41) is 8.59. The van der Waals surface area contributed by atoms with Crippen LogP contribution >= 0.6 is 0 Å². The number of nitrogens with one attached hydrogen (secondary N) is 1. The van der Waals surface area contributed by atoms with Gasteiger partial charge in [-0.2, -0.15) is 23.3 Å². The van der Waals surface area contributed by atoms with Gasteiger partial charge in [0.1, 0.15) is 11.3 Å². The van der Waals surface area contributed by atoms with Gasteiger partial charge < -0.3 is 19.4 Å². The Balaban J connectivity index is 1.41. The maximum Gasteiger partial charge on any atom is 0.422 e. The molecule has 10 nitrogen and oxygen atoms in total. The number of benzene rings is 2. The van der Waals surface area contributed by atoms with Gasteiger partial charge in [0.25, 0.3) is 0 Å². The molecule has 50 heavy (non-hydrogen) atoms. The van der Waals surface area contributed by atoms with E-state index in [9.17, 15) is 18.0 Å². The molecule has 7 rings (SSSR count). The molecule has 13 heteroatoms. The van der Waals surface area contributed by atoms with Crippen LogP contribution in [0.2, 0.25) is 0 Å². The number of aromatic amines is 1. The maximum atomic E-state index is 14.0. The van der Waals surface area contributed by atoms with Crippen LogP contribution in [0.15, 0.2) is 43.6 Å². The van der Waals surface area contributed by atoms with Crippen LogP contribution in [0.4, 0.5) is 24.9 Å². The number of halogens is 3. The molecule has 1 amide bonds. The molecule has 0 aliphatic carbocycles. The van der Waals surface area contributed by atoms with E-state index in [1.54, 1.807) is 12.3 Å². The number of fused-ring (bicyclic) bond motifs is 2. The summed E-state index contributed by atoms with van der Waals surface area (Å²) in [6.45, 7) is 15.2. The second-order valence-electron chi connectivity index (χ2n) is 14.0. The average molecular weight is 689 g/mol. The van der Waals surface area contributed by atoms with Crippen molar-refractivity contribution in [1.29, 1.82) is 0 Å². The zero-order chi connectivity index (χ0) is 35.4. The van der Waals surface area contributed by atoms with Gasteiger partial charge in [0.05, 0.1) is 11.7 Å². The molecule has 3 saturated heterocycles. The van der Waals surface area contributed by atoms with E-state index < -0.39 is 12.8 Å². The summed E-state index contributed by atoms with van der Waals surface area (Å²) in [5.74, 6) is 1.12. The van der Waals surface area contributed by atoms with Gasteiger partial charge in [-0.05, 0) is 68.1 Å². The van der Waals surface area contributed by atoms with E-state index in [1.165, 1.54) is 6.08 Å². The Hall–Kier alpha value is -4.65. The molecule has 1 N–H and O–H groups in total. The molecular weight excluding hydrogens is 645 g/mol. The monoisotopic (exact) mass is 688 g/mol. The van der Waals surface area contributed by atoms with Gasteiger partial charge in [-0.25, -0.2) is 4.98 Å². The van der Waals surface area contributed by atoms with E-state index in [2.05, 4.69) is 52.0 Å². The molecule has 0 saturated carbocycles. The third-order valence-electron chi connectivity index (χ3n) is 10.8. The first kappa shape index (κ1) is 33.8. The van der Waals surface area contributed by atoms with E-state index in [1.807, 2.05) is 30.0 Å². The largest absolute Gasteiger partial charge is 0.481 e. The number of anilines is 2. The SMILES string of the molecule is C=CC(=O)N1CC2(CCN(c3nc(N4CCN(C)C(CC)C4)nc4c(OCC(F)(F)F)c(-c5c(C)ccc6[nH]ncc56)c(C=C)cc34)CC2)C1. The standard InChI is InChI=1S/C37H43F3N8O2/c1-6-24-17-26-32(33(50-22-37(38,39)40)31(24)30-23(4)9-10-28-27(30)18-41-44-28)42-35(47-16-15-45(5)25(7-2)19-47)43-34(26)46-13-11-36(12-14-46)20-48(21-36)29(49)8-3/h6,8-10,17-18,25H,1,3,7,11-16,19-22H2,2,4-5H3,(H,41,44). The molecule has 3 fully saturated rings. The second-order valence-corrected chi connectivity index (χ2v) is 14.0. The molecule has 0 radical (unpaired) electrons. The van der Waals surface area contributed by atoms with Crippen molar-refractivity contribution in [3.05, 3.63) is 54.8 Å². The van der Waals surface area contributed by atoms with Crippen LogP contribution in [0.3, 0.4) is 0 Å². The van der Waals surface area contributed by atoms with Crippen molar-refractivity contribution in [2.75, 3.05) is 69.3 Å². The number of ether oxygens (including phenoxy) is 1. The summed E-state index contributed by atoms with van der Waals surface area (Å²) >= 11 is 0. The van der Waals surface area contributed by atoms with E-state index in [0.29, 0.717) is 78.6 Å². The van der Waals surface area contributed by atoms with E-state index in [-0.39, 0.29) is 23.1 Å². The summed E-state index contributed by atoms with van der Waals surface area (Å²) in [4.78, 5) is 31.0. The van der Waals surface area contributed by atoms with Crippen LogP contribution in [0.5, 0.6) is 5.75 Å². The van der Waals surface area contributed by atoms with Crippen molar-refractivity contribution in [1.82, 2.24) is 30.0 Å². The number of alkyl halides is 3. The van der Waals surface area contributed by atoms with Crippen LogP contribution in [0.1, 0.15) is 37.3 Å². The number of piperazine rings is 1. The van der Waals surface area contributed by atoms with Crippen molar-refractivity contribution in [2.24, 2.45) is 5.41 Å². The number of hydrogen-bond donors (Lipinski definition) is 1. The zero-order valence-corrected chi connectivity index (χ0v) is 28.8. The Morgan fingerprint density at radius 1 is 1.08 bits per heavy atom. The molecule has 2 aromatic carbocycles. The molecule has 1 spiro atoms. The Kier molecular flexibility index (Phi) is 8.73. The molecule has 3 aliphatic rings. The number of likely N-dealkylation sites (N-methyl/N-ethyl adjacent to an activating group) is 1. The average Bonchev–Trinajstić information content (AvgIpc) is 3.57. The highest BCUT2D eigenvalue weighted by Gasteiger charge is 2.46. The fourth-order valence-electron chi connectivity index (χ4n) is 7.91. The molecule has 264 valence electrons. The summed E-state index contributed by atoms with van der Waals surface area (Å²) < 4.78 is 47.8. The highest BCUT2D eigenvalue weighted by atomic mass is 19.4. The van der Waals surface area contributed by atoms with Gasteiger partial charge >= 0.3 is 6.18 Å². The lowest BCUT2D eigenvalue weighted by atomic mass is 9.72. The lowest BCUT2D eigenvalue weighted by molar-refractivity contribution is -0.153. The molecule has 1 atom stereocenters. The quantitative estimate of drug-likeness (QED) is 0.219. The minimum atomic E-state index is -4.58. The number of amides is 1. The number of rotatable bonds is 8. The Morgan fingerprint density at radius 2 is 1.84 bits per heavy atom. The smallest absolute Gasteiger partial charge is 0.422 e. The fraction of sp³-hybridized carbons (Fsp3) is 0.459. The maximum absolute atomic E-state index is 14.0. The van der Waals surface area contributed by atoms with Crippen molar-refractivity contribution in [3.63, 3.8) is 0 Å². The molecule has 0 bridgehead atoms. The number of aryl methyl sites for hydroxylation is 1. The number of nitrogens with zero attached hydrogens (tertiary/aromatic N) is 7. The minimum absolute atomic E-state index is 0.0356. The number of H-pyrrole nitrogens is 1. The van der Waals surface area contributed by atoms with Crippen LogP contribution in [0, 0.1) is 12.3 Å².